The van der Waals surface area contributed by atoms with Gasteiger partial charge in [0.25, 0.3) is 0 Å². The van der Waals surface area contributed by atoms with Crippen molar-refractivity contribution in [3.8, 4) is 5.75 Å². The Bertz CT molecular complexity index is 597. The Morgan fingerprint density at radius 1 is 1.05 bits per heavy atom. The second kappa shape index (κ2) is 8.08. The van der Waals surface area contributed by atoms with Crippen LogP contribution in [0.4, 0.5) is 5.69 Å². The molecule has 2 N–H and O–H groups in total. The van der Waals surface area contributed by atoms with Gasteiger partial charge in [-0.2, -0.15) is 0 Å². The van der Waals surface area contributed by atoms with E-state index in [1.54, 1.807) is 0 Å². The number of amides is 1. The second-order valence-corrected chi connectivity index (χ2v) is 5.35. The van der Waals surface area contributed by atoms with Crippen molar-refractivity contribution in [1.82, 2.24) is 5.32 Å². The molecule has 0 aromatic heterocycles. The molecule has 4 nitrogen and oxygen atoms in total. The van der Waals surface area contributed by atoms with E-state index in [4.69, 9.17) is 4.74 Å². The lowest BCUT2D eigenvalue weighted by Crippen LogP contribution is -2.34. The molecule has 4 heteroatoms. The molecule has 0 heterocycles. The highest BCUT2D eigenvalue weighted by molar-refractivity contribution is 5.81. The first kappa shape index (κ1) is 15.9. The topological polar surface area (TPSA) is 50.4 Å². The third-order valence-electron chi connectivity index (χ3n) is 3.01. The predicted molar refractivity (Wildman–Crippen MR) is 89.0 cm³/mol. The van der Waals surface area contributed by atoms with E-state index in [1.807, 2.05) is 68.4 Å². The number of anilines is 1. The number of benzene rings is 2. The van der Waals surface area contributed by atoms with Gasteiger partial charge in [0.05, 0.1) is 12.2 Å². The summed E-state index contributed by atoms with van der Waals surface area (Å²) in [5.74, 6) is 0.705. The number of ether oxygens (including phenoxy) is 1. The second-order valence-electron chi connectivity index (χ2n) is 5.35. The van der Waals surface area contributed by atoms with Crippen LogP contribution < -0.4 is 15.4 Å². The van der Waals surface area contributed by atoms with Crippen molar-refractivity contribution in [2.75, 3.05) is 11.9 Å². The number of carbonyl (C=O) groups is 1. The van der Waals surface area contributed by atoms with Gasteiger partial charge in [-0.1, -0.05) is 42.5 Å². The van der Waals surface area contributed by atoms with E-state index < -0.39 is 0 Å². The summed E-state index contributed by atoms with van der Waals surface area (Å²) < 4.78 is 5.84. The van der Waals surface area contributed by atoms with Crippen molar-refractivity contribution in [1.29, 1.82) is 0 Å². The summed E-state index contributed by atoms with van der Waals surface area (Å²) >= 11 is 0. The highest BCUT2D eigenvalue weighted by Crippen LogP contribution is 2.24. The number of nitrogens with one attached hydrogen (secondary N) is 2. The molecule has 116 valence electrons. The quantitative estimate of drug-likeness (QED) is 0.825. The number of hydrogen-bond donors (Lipinski definition) is 2. The van der Waals surface area contributed by atoms with Crippen LogP contribution in [0, 0.1) is 0 Å². The van der Waals surface area contributed by atoms with Gasteiger partial charge in [0.2, 0.25) is 5.91 Å². The predicted octanol–water partition coefficient (Wildman–Crippen LogP) is 3.20. The Hall–Kier alpha value is -2.49. The summed E-state index contributed by atoms with van der Waals surface area (Å²) in [5, 5.41) is 5.97. The van der Waals surface area contributed by atoms with Gasteiger partial charge >= 0.3 is 0 Å². The van der Waals surface area contributed by atoms with Crippen molar-refractivity contribution in [2.45, 2.75) is 26.5 Å². The van der Waals surface area contributed by atoms with Gasteiger partial charge in [-0.3, -0.25) is 4.79 Å². The smallest absolute Gasteiger partial charge is 0.239 e. The average molecular weight is 298 g/mol. The van der Waals surface area contributed by atoms with Gasteiger partial charge in [-0.25, -0.2) is 0 Å². The molecule has 0 atom stereocenters. The zero-order chi connectivity index (χ0) is 15.8. The minimum absolute atomic E-state index is 0.0344. The zero-order valence-corrected chi connectivity index (χ0v) is 13.0. The molecule has 0 aliphatic heterocycles. The van der Waals surface area contributed by atoms with Gasteiger partial charge in [-0.15, -0.1) is 0 Å². The first-order valence-electron chi connectivity index (χ1n) is 7.44. The van der Waals surface area contributed by atoms with E-state index in [-0.39, 0.29) is 18.5 Å². The Kier molecular flexibility index (Phi) is 5.83. The molecular formula is C18H22N2O2. The van der Waals surface area contributed by atoms with Crippen molar-refractivity contribution in [2.24, 2.45) is 0 Å². The molecule has 2 rings (SSSR count). The molecule has 0 spiro atoms. The molecule has 0 saturated carbocycles. The Balaban J connectivity index is 1.93. The monoisotopic (exact) mass is 298 g/mol. The standard InChI is InChI=1S/C18H22N2O2/c1-14(2)20-18(21)12-19-16-10-6-7-11-17(16)22-13-15-8-4-3-5-9-15/h3-11,14,19H,12-13H2,1-2H3,(H,20,21). The molecule has 0 saturated heterocycles. The molecule has 2 aromatic carbocycles. The third-order valence-corrected chi connectivity index (χ3v) is 3.01. The van der Waals surface area contributed by atoms with Crippen LogP contribution in [0.5, 0.6) is 5.75 Å². The Morgan fingerprint density at radius 3 is 2.45 bits per heavy atom. The van der Waals surface area contributed by atoms with Gasteiger partial charge in [0, 0.05) is 6.04 Å². The van der Waals surface area contributed by atoms with Crippen LogP contribution in [-0.2, 0) is 11.4 Å². The van der Waals surface area contributed by atoms with Gasteiger partial charge in [0.1, 0.15) is 12.4 Å². The molecule has 0 fully saturated rings. The maximum absolute atomic E-state index is 11.7. The van der Waals surface area contributed by atoms with E-state index >= 15 is 0 Å². The molecule has 2 aromatic rings. The number of hydrogen-bond acceptors (Lipinski definition) is 3. The zero-order valence-electron chi connectivity index (χ0n) is 13.0. The molecular weight excluding hydrogens is 276 g/mol. The van der Waals surface area contributed by atoms with E-state index in [9.17, 15) is 4.79 Å². The largest absolute Gasteiger partial charge is 0.487 e. The first-order chi connectivity index (χ1) is 10.6. The van der Waals surface area contributed by atoms with E-state index in [0.29, 0.717) is 6.61 Å². The molecule has 0 aliphatic carbocycles. The van der Waals surface area contributed by atoms with E-state index in [2.05, 4.69) is 10.6 Å². The first-order valence-corrected chi connectivity index (χ1v) is 7.44. The van der Waals surface area contributed by atoms with Crippen LogP contribution in [0.1, 0.15) is 19.4 Å². The minimum Gasteiger partial charge on any atom is -0.487 e. The van der Waals surface area contributed by atoms with Crippen molar-refractivity contribution in [3.05, 3.63) is 60.2 Å². The fourth-order valence-corrected chi connectivity index (χ4v) is 2.02. The summed E-state index contributed by atoms with van der Waals surface area (Å²) in [7, 11) is 0. The van der Waals surface area contributed by atoms with Gasteiger partial charge in [0.15, 0.2) is 0 Å². The molecule has 0 unspecified atom stereocenters. The molecule has 0 bridgehead atoms. The SMILES string of the molecule is CC(C)NC(=O)CNc1ccccc1OCc1ccccc1. The van der Waals surface area contributed by atoms with Crippen LogP contribution in [0.2, 0.25) is 0 Å². The van der Waals surface area contributed by atoms with Crippen LogP contribution in [0.25, 0.3) is 0 Å². The number of para-hydroxylation sites is 2. The molecule has 0 aliphatic rings. The summed E-state index contributed by atoms with van der Waals surface area (Å²) in [4.78, 5) is 11.7. The maximum Gasteiger partial charge on any atom is 0.239 e. The molecule has 22 heavy (non-hydrogen) atoms. The number of carbonyl (C=O) groups excluding carboxylic acids is 1. The lowest BCUT2D eigenvalue weighted by molar-refractivity contribution is -0.119. The normalized spacial score (nSPS) is 10.3. The maximum atomic E-state index is 11.7. The van der Waals surface area contributed by atoms with E-state index in [1.165, 1.54) is 0 Å². The van der Waals surface area contributed by atoms with Crippen molar-refractivity contribution < 1.29 is 9.53 Å². The fourth-order valence-electron chi connectivity index (χ4n) is 2.02. The Labute approximate surface area is 131 Å². The van der Waals surface area contributed by atoms with E-state index in [0.717, 1.165) is 17.0 Å². The van der Waals surface area contributed by atoms with Gasteiger partial charge in [-0.05, 0) is 31.5 Å². The average Bonchev–Trinajstić information content (AvgIpc) is 2.52. The van der Waals surface area contributed by atoms with Crippen LogP contribution in [0.15, 0.2) is 54.6 Å². The lowest BCUT2D eigenvalue weighted by Gasteiger charge is -2.14. The molecule has 1 amide bonds. The third kappa shape index (κ3) is 5.13. The summed E-state index contributed by atoms with van der Waals surface area (Å²) in [6.45, 7) is 4.60. The summed E-state index contributed by atoms with van der Waals surface area (Å²) in [6.07, 6.45) is 0. The summed E-state index contributed by atoms with van der Waals surface area (Å²) in [6, 6.07) is 17.8. The number of rotatable bonds is 7. The van der Waals surface area contributed by atoms with Crippen molar-refractivity contribution in [3.63, 3.8) is 0 Å². The summed E-state index contributed by atoms with van der Waals surface area (Å²) in [5.41, 5.74) is 1.92. The minimum atomic E-state index is -0.0344. The lowest BCUT2D eigenvalue weighted by atomic mass is 10.2. The van der Waals surface area contributed by atoms with Crippen LogP contribution in [0.3, 0.4) is 0 Å². The van der Waals surface area contributed by atoms with Crippen LogP contribution in [-0.4, -0.2) is 18.5 Å². The Morgan fingerprint density at radius 2 is 1.73 bits per heavy atom. The fraction of sp³-hybridized carbons (Fsp3) is 0.278. The highest BCUT2D eigenvalue weighted by atomic mass is 16.5. The molecule has 0 radical (unpaired) electrons. The van der Waals surface area contributed by atoms with Crippen molar-refractivity contribution >= 4 is 11.6 Å². The highest BCUT2D eigenvalue weighted by Gasteiger charge is 2.06. The van der Waals surface area contributed by atoms with Crippen LogP contribution >= 0.6 is 0 Å². The van der Waals surface area contributed by atoms with Gasteiger partial charge < -0.3 is 15.4 Å².